The summed E-state index contributed by atoms with van der Waals surface area (Å²) >= 11 is 3.65. The Bertz CT molecular complexity index is 492. The summed E-state index contributed by atoms with van der Waals surface area (Å²) in [7, 11) is 0. The molecule has 1 aromatic carbocycles. The summed E-state index contributed by atoms with van der Waals surface area (Å²) < 4.78 is 1.08. The van der Waals surface area contributed by atoms with Crippen LogP contribution >= 0.6 is 15.9 Å². The van der Waals surface area contributed by atoms with Crippen molar-refractivity contribution < 1.29 is 4.79 Å². The molecule has 1 amide bonds. The van der Waals surface area contributed by atoms with Crippen molar-refractivity contribution in [3.05, 3.63) is 28.2 Å². The Labute approximate surface area is 129 Å². The van der Waals surface area contributed by atoms with Crippen molar-refractivity contribution in [2.24, 2.45) is 0 Å². The molecule has 5 heteroatoms. The second kappa shape index (κ2) is 6.59. The molecule has 2 rings (SSSR count). The van der Waals surface area contributed by atoms with Gasteiger partial charge in [0.2, 0.25) is 5.91 Å². The normalized spacial score (nSPS) is 20.7. The van der Waals surface area contributed by atoms with Gasteiger partial charge in [-0.1, -0.05) is 28.9 Å². The number of benzene rings is 1. The summed E-state index contributed by atoms with van der Waals surface area (Å²) in [5.74, 6) is 0.0949. The lowest BCUT2D eigenvalue weighted by molar-refractivity contribution is -0.122. The zero-order valence-electron chi connectivity index (χ0n) is 12.2. The molecule has 0 saturated carbocycles. The van der Waals surface area contributed by atoms with Gasteiger partial charge in [0.15, 0.2) is 0 Å². The lowest BCUT2D eigenvalue weighted by atomic mass is 10.1. The number of halogens is 1. The van der Waals surface area contributed by atoms with E-state index in [1.165, 1.54) is 5.56 Å². The topological polar surface area (TPSA) is 44.4 Å². The third-order valence-electron chi connectivity index (χ3n) is 3.79. The van der Waals surface area contributed by atoms with Gasteiger partial charge in [-0.3, -0.25) is 4.79 Å². The van der Waals surface area contributed by atoms with E-state index in [0.29, 0.717) is 12.6 Å². The lowest BCUT2D eigenvalue weighted by Gasteiger charge is -2.35. The number of rotatable bonds is 4. The number of hydrogen-bond donors (Lipinski definition) is 2. The first-order valence-corrected chi connectivity index (χ1v) is 7.91. The van der Waals surface area contributed by atoms with Gasteiger partial charge in [0.25, 0.3) is 0 Å². The predicted octanol–water partition coefficient (Wildman–Crippen LogP) is 2.44. The van der Waals surface area contributed by atoms with E-state index < -0.39 is 0 Å². The van der Waals surface area contributed by atoms with Crippen LogP contribution in [0, 0.1) is 0 Å². The van der Waals surface area contributed by atoms with Crippen LogP contribution in [0.5, 0.6) is 0 Å². The van der Waals surface area contributed by atoms with Crippen molar-refractivity contribution in [3.8, 4) is 0 Å². The third-order valence-corrected chi connectivity index (χ3v) is 4.48. The van der Waals surface area contributed by atoms with Gasteiger partial charge in [0, 0.05) is 29.3 Å². The number of carbonyl (C=O) groups excluding carboxylic acids is 1. The molecular weight excluding hydrogens is 318 g/mol. The molecule has 0 spiro atoms. The second-order valence-corrected chi connectivity index (χ2v) is 6.00. The van der Waals surface area contributed by atoms with E-state index in [1.807, 2.05) is 6.92 Å². The third kappa shape index (κ3) is 3.15. The van der Waals surface area contributed by atoms with Crippen LogP contribution in [0.4, 0.5) is 5.69 Å². The summed E-state index contributed by atoms with van der Waals surface area (Å²) in [5, 5.41) is 6.30. The minimum absolute atomic E-state index is 0.0949. The molecule has 0 aromatic heterocycles. The fourth-order valence-corrected chi connectivity index (χ4v) is 3.31. The quantitative estimate of drug-likeness (QED) is 0.885. The molecule has 1 aliphatic heterocycles. The first-order valence-electron chi connectivity index (χ1n) is 7.11. The van der Waals surface area contributed by atoms with Gasteiger partial charge >= 0.3 is 0 Å². The van der Waals surface area contributed by atoms with Gasteiger partial charge in [0.1, 0.15) is 6.04 Å². The average Bonchev–Trinajstić information content (AvgIpc) is 2.42. The van der Waals surface area contributed by atoms with Crippen LogP contribution < -0.4 is 15.5 Å². The average molecular weight is 340 g/mol. The molecule has 2 unspecified atom stereocenters. The van der Waals surface area contributed by atoms with E-state index in [9.17, 15) is 4.79 Å². The highest BCUT2D eigenvalue weighted by Crippen LogP contribution is 2.29. The number of amides is 1. The van der Waals surface area contributed by atoms with Crippen molar-refractivity contribution in [2.45, 2.75) is 32.9 Å². The van der Waals surface area contributed by atoms with Gasteiger partial charge < -0.3 is 15.5 Å². The van der Waals surface area contributed by atoms with Crippen molar-refractivity contribution in [1.29, 1.82) is 0 Å². The zero-order valence-corrected chi connectivity index (χ0v) is 13.8. The zero-order chi connectivity index (χ0) is 14.7. The van der Waals surface area contributed by atoms with Crippen LogP contribution in [0.2, 0.25) is 0 Å². The molecule has 110 valence electrons. The van der Waals surface area contributed by atoms with Gasteiger partial charge in [-0.25, -0.2) is 0 Å². The molecule has 2 N–H and O–H groups in total. The summed E-state index contributed by atoms with van der Waals surface area (Å²) in [6.45, 7) is 8.70. The Morgan fingerprint density at radius 2 is 2.30 bits per heavy atom. The molecule has 1 fully saturated rings. The van der Waals surface area contributed by atoms with Crippen LogP contribution in [-0.2, 0) is 4.79 Å². The van der Waals surface area contributed by atoms with E-state index in [1.54, 1.807) is 0 Å². The maximum absolute atomic E-state index is 11.7. The minimum Gasteiger partial charge on any atom is -0.358 e. The predicted molar refractivity (Wildman–Crippen MR) is 86.1 cm³/mol. The van der Waals surface area contributed by atoms with Crippen molar-refractivity contribution in [2.75, 3.05) is 24.5 Å². The van der Waals surface area contributed by atoms with Gasteiger partial charge in [-0.2, -0.15) is 0 Å². The van der Waals surface area contributed by atoms with Crippen molar-refractivity contribution in [1.82, 2.24) is 10.6 Å². The summed E-state index contributed by atoms with van der Waals surface area (Å²) in [6.07, 6.45) is 0. The number of nitrogens with zero attached hydrogens (tertiary/aromatic N) is 1. The van der Waals surface area contributed by atoms with E-state index in [2.05, 4.69) is 63.5 Å². The molecule has 20 heavy (non-hydrogen) atoms. The molecule has 1 aromatic rings. The smallest absolute Gasteiger partial charge is 0.242 e. The molecule has 1 heterocycles. The summed E-state index contributed by atoms with van der Waals surface area (Å²) in [4.78, 5) is 13.9. The lowest BCUT2D eigenvalue weighted by Crippen LogP contribution is -2.54. The van der Waals surface area contributed by atoms with E-state index in [-0.39, 0.29) is 11.9 Å². The largest absolute Gasteiger partial charge is 0.358 e. The van der Waals surface area contributed by atoms with Crippen molar-refractivity contribution >= 4 is 27.5 Å². The molecule has 0 radical (unpaired) electrons. The number of nitrogens with one attached hydrogen (secondary N) is 2. The Balaban J connectivity index is 2.22. The monoisotopic (exact) mass is 339 g/mol. The van der Waals surface area contributed by atoms with Crippen molar-refractivity contribution in [3.63, 3.8) is 0 Å². The molecule has 1 saturated heterocycles. The maximum Gasteiger partial charge on any atom is 0.242 e. The van der Waals surface area contributed by atoms with Gasteiger partial charge in [-0.05, 0) is 38.1 Å². The molecule has 4 nitrogen and oxygen atoms in total. The highest BCUT2D eigenvalue weighted by molar-refractivity contribution is 9.10. The van der Waals surface area contributed by atoms with Crippen LogP contribution in [0.3, 0.4) is 0 Å². The van der Waals surface area contributed by atoms with E-state index in [0.717, 1.165) is 23.2 Å². The fourth-order valence-electron chi connectivity index (χ4n) is 2.60. The SMILES string of the molecule is CCNC(C)c1ccc(N2CCNC(=O)C2C)cc1Br. The Kier molecular flexibility index (Phi) is 5.05. The first kappa shape index (κ1) is 15.3. The fraction of sp³-hybridized carbons (Fsp3) is 0.533. The van der Waals surface area contributed by atoms with E-state index in [4.69, 9.17) is 0 Å². The molecular formula is C15H22BrN3O. The summed E-state index contributed by atoms with van der Waals surface area (Å²) in [5.41, 5.74) is 2.33. The van der Waals surface area contributed by atoms with Crippen LogP contribution in [0.25, 0.3) is 0 Å². The van der Waals surface area contributed by atoms with Crippen LogP contribution in [0.15, 0.2) is 22.7 Å². The molecule has 0 aliphatic carbocycles. The maximum atomic E-state index is 11.7. The number of anilines is 1. The highest BCUT2D eigenvalue weighted by Gasteiger charge is 2.26. The highest BCUT2D eigenvalue weighted by atomic mass is 79.9. The number of carbonyl (C=O) groups is 1. The number of piperazine rings is 1. The molecule has 1 aliphatic rings. The molecule has 2 atom stereocenters. The standard InChI is InChI=1S/C15H22BrN3O/c1-4-17-10(2)13-6-5-12(9-14(13)16)19-8-7-18-15(20)11(19)3/h5-6,9-11,17H,4,7-8H2,1-3H3,(H,18,20). The van der Waals surface area contributed by atoms with Gasteiger partial charge in [0.05, 0.1) is 0 Å². The minimum atomic E-state index is -0.118. The van der Waals surface area contributed by atoms with Gasteiger partial charge in [-0.15, -0.1) is 0 Å². The van der Waals surface area contributed by atoms with Crippen LogP contribution in [-0.4, -0.2) is 31.6 Å². The Morgan fingerprint density at radius 3 is 2.95 bits per heavy atom. The molecule has 0 bridgehead atoms. The van der Waals surface area contributed by atoms with Crippen LogP contribution in [0.1, 0.15) is 32.4 Å². The van der Waals surface area contributed by atoms with E-state index >= 15 is 0 Å². The Hall–Kier alpha value is -1.07. The second-order valence-electron chi connectivity index (χ2n) is 5.15. The Morgan fingerprint density at radius 1 is 1.55 bits per heavy atom. The number of hydrogen-bond acceptors (Lipinski definition) is 3. The summed E-state index contributed by atoms with van der Waals surface area (Å²) in [6, 6.07) is 6.53. The first-order chi connectivity index (χ1) is 9.54.